The van der Waals surface area contributed by atoms with E-state index in [1.807, 2.05) is 19.2 Å². The first-order valence-corrected chi connectivity index (χ1v) is 11.2. The van der Waals surface area contributed by atoms with E-state index in [9.17, 15) is 0 Å². The van der Waals surface area contributed by atoms with Crippen molar-refractivity contribution in [3.8, 4) is 11.5 Å². The molecule has 1 aliphatic heterocycles. The number of anilines is 1. The Morgan fingerprint density at radius 3 is 2.55 bits per heavy atom. The van der Waals surface area contributed by atoms with Crippen molar-refractivity contribution in [1.29, 1.82) is 0 Å². The van der Waals surface area contributed by atoms with Crippen molar-refractivity contribution in [2.45, 2.75) is 38.6 Å². The Morgan fingerprint density at radius 2 is 1.84 bits per heavy atom. The number of aryl methyl sites for hydroxylation is 1. The second-order valence-electron chi connectivity index (χ2n) is 7.95. The van der Waals surface area contributed by atoms with Crippen LogP contribution in [0.2, 0.25) is 0 Å². The number of nitrogens with zero attached hydrogens (tertiary/aromatic N) is 2. The van der Waals surface area contributed by atoms with Gasteiger partial charge in [-0.05, 0) is 68.0 Å². The van der Waals surface area contributed by atoms with Crippen LogP contribution < -0.4 is 25.0 Å². The zero-order chi connectivity index (χ0) is 22.1. The molecule has 3 rings (SSSR count). The Kier molecular flexibility index (Phi) is 8.44. The standard InChI is InChI=1S/C25H36N4O2/c1-19(21-10-7-11-22(18-21)29-15-5-6-16-29)28-25(26-2)27-14-8-9-20-12-13-23(30-3)24(17-20)31-4/h7,10-13,17-19H,5-6,8-9,14-16H2,1-4H3,(H2,26,27,28). The molecule has 1 aliphatic rings. The molecule has 0 aliphatic carbocycles. The fourth-order valence-corrected chi connectivity index (χ4v) is 3.98. The Morgan fingerprint density at radius 1 is 1.06 bits per heavy atom. The first-order chi connectivity index (χ1) is 15.1. The number of rotatable bonds is 9. The molecule has 6 heteroatoms. The van der Waals surface area contributed by atoms with E-state index in [-0.39, 0.29) is 6.04 Å². The van der Waals surface area contributed by atoms with Crippen LogP contribution in [-0.4, -0.2) is 46.9 Å². The van der Waals surface area contributed by atoms with Gasteiger partial charge in [-0.15, -0.1) is 0 Å². The molecule has 0 aromatic heterocycles. The van der Waals surface area contributed by atoms with Gasteiger partial charge in [-0.2, -0.15) is 0 Å². The van der Waals surface area contributed by atoms with Crippen molar-refractivity contribution in [2.24, 2.45) is 4.99 Å². The molecule has 2 aromatic rings. The van der Waals surface area contributed by atoms with Crippen LogP contribution in [-0.2, 0) is 6.42 Å². The summed E-state index contributed by atoms with van der Waals surface area (Å²) in [4.78, 5) is 6.87. The predicted molar refractivity (Wildman–Crippen MR) is 129 cm³/mol. The smallest absolute Gasteiger partial charge is 0.191 e. The monoisotopic (exact) mass is 424 g/mol. The van der Waals surface area contributed by atoms with E-state index in [2.05, 4.69) is 57.8 Å². The van der Waals surface area contributed by atoms with Gasteiger partial charge in [0.05, 0.1) is 20.3 Å². The van der Waals surface area contributed by atoms with Crippen molar-refractivity contribution in [3.05, 3.63) is 53.6 Å². The molecule has 0 radical (unpaired) electrons. The summed E-state index contributed by atoms with van der Waals surface area (Å²) < 4.78 is 10.7. The second kappa shape index (κ2) is 11.5. The summed E-state index contributed by atoms with van der Waals surface area (Å²) in [6, 6.07) is 15.1. The highest BCUT2D eigenvalue weighted by molar-refractivity contribution is 5.80. The van der Waals surface area contributed by atoms with Gasteiger partial charge >= 0.3 is 0 Å². The lowest BCUT2D eigenvalue weighted by molar-refractivity contribution is 0.354. The summed E-state index contributed by atoms with van der Waals surface area (Å²) in [5, 5.41) is 6.95. The second-order valence-corrected chi connectivity index (χ2v) is 7.95. The van der Waals surface area contributed by atoms with Gasteiger partial charge in [0, 0.05) is 32.4 Å². The number of hydrogen-bond acceptors (Lipinski definition) is 4. The minimum absolute atomic E-state index is 0.180. The number of aliphatic imine (C=N–C) groups is 1. The summed E-state index contributed by atoms with van der Waals surface area (Å²) >= 11 is 0. The van der Waals surface area contributed by atoms with E-state index in [4.69, 9.17) is 9.47 Å². The summed E-state index contributed by atoms with van der Waals surface area (Å²) in [6.07, 6.45) is 4.53. The Labute approximate surface area is 186 Å². The molecule has 1 saturated heterocycles. The van der Waals surface area contributed by atoms with Gasteiger partial charge in [-0.1, -0.05) is 18.2 Å². The number of benzene rings is 2. The number of hydrogen-bond donors (Lipinski definition) is 2. The van der Waals surface area contributed by atoms with Crippen molar-refractivity contribution in [2.75, 3.05) is 45.8 Å². The number of ether oxygens (including phenoxy) is 2. The lowest BCUT2D eigenvalue weighted by Crippen LogP contribution is -2.39. The normalized spacial score (nSPS) is 15.0. The first-order valence-electron chi connectivity index (χ1n) is 11.2. The van der Waals surface area contributed by atoms with Gasteiger partial charge in [0.1, 0.15) is 0 Å². The van der Waals surface area contributed by atoms with E-state index >= 15 is 0 Å². The predicted octanol–water partition coefficient (Wildman–Crippen LogP) is 4.16. The van der Waals surface area contributed by atoms with Gasteiger partial charge in [0.25, 0.3) is 0 Å². The van der Waals surface area contributed by atoms with Crippen molar-refractivity contribution < 1.29 is 9.47 Å². The van der Waals surface area contributed by atoms with E-state index in [0.29, 0.717) is 0 Å². The van der Waals surface area contributed by atoms with Crippen LogP contribution in [0.25, 0.3) is 0 Å². The van der Waals surface area contributed by atoms with Crippen molar-refractivity contribution in [3.63, 3.8) is 0 Å². The molecule has 0 amide bonds. The van der Waals surface area contributed by atoms with E-state index < -0.39 is 0 Å². The van der Waals surface area contributed by atoms with Crippen molar-refractivity contribution in [1.82, 2.24) is 10.6 Å². The largest absolute Gasteiger partial charge is 0.493 e. The third-order valence-corrected chi connectivity index (χ3v) is 5.80. The highest BCUT2D eigenvalue weighted by atomic mass is 16.5. The number of nitrogens with one attached hydrogen (secondary N) is 2. The Hall–Kier alpha value is -2.89. The topological polar surface area (TPSA) is 58.1 Å². The number of guanidine groups is 1. The van der Waals surface area contributed by atoms with Crippen LogP contribution >= 0.6 is 0 Å². The highest BCUT2D eigenvalue weighted by Gasteiger charge is 2.14. The molecule has 1 atom stereocenters. The Balaban J connectivity index is 1.48. The molecular weight excluding hydrogens is 388 g/mol. The molecule has 168 valence electrons. The minimum atomic E-state index is 0.180. The molecule has 0 spiro atoms. The number of methoxy groups -OCH3 is 2. The maximum atomic E-state index is 5.39. The molecule has 2 aromatic carbocycles. The third-order valence-electron chi connectivity index (χ3n) is 5.80. The van der Waals surface area contributed by atoms with Crippen LogP contribution in [0.5, 0.6) is 11.5 Å². The SMILES string of the molecule is CN=C(NCCCc1ccc(OC)c(OC)c1)NC(C)c1cccc(N2CCCC2)c1. The summed E-state index contributed by atoms with van der Waals surface area (Å²) in [6.45, 7) is 5.34. The molecular formula is C25H36N4O2. The molecule has 1 heterocycles. The van der Waals surface area contributed by atoms with Crippen LogP contribution in [0.4, 0.5) is 5.69 Å². The zero-order valence-electron chi connectivity index (χ0n) is 19.3. The summed E-state index contributed by atoms with van der Waals surface area (Å²) in [5.41, 5.74) is 3.83. The van der Waals surface area contributed by atoms with Crippen LogP contribution in [0, 0.1) is 0 Å². The molecule has 6 nitrogen and oxygen atoms in total. The van der Waals surface area contributed by atoms with Crippen LogP contribution in [0.1, 0.15) is 43.4 Å². The maximum absolute atomic E-state index is 5.39. The Bertz CT molecular complexity index is 862. The average molecular weight is 425 g/mol. The molecule has 1 unspecified atom stereocenters. The lowest BCUT2D eigenvalue weighted by atomic mass is 10.1. The molecule has 0 bridgehead atoms. The molecule has 1 fully saturated rings. The average Bonchev–Trinajstić information content (AvgIpc) is 3.36. The molecule has 0 saturated carbocycles. The maximum Gasteiger partial charge on any atom is 0.191 e. The summed E-state index contributed by atoms with van der Waals surface area (Å²) in [5.74, 6) is 2.36. The van der Waals surface area contributed by atoms with Gasteiger partial charge in [-0.3, -0.25) is 4.99 Å². The van der Waals surface area contributed by atoms with E-state index in [1.54, 1.807) is 14.2 Å². The van der Waals surface area contributed by atoms with Gasteiger partial charge < -0.3 is 25.0 Å². The zero-order valence-corrected chi connectivity index (χ0v) is 19.3. The van der Waals surface area contributed by atoms with Crippen LogP contribution in [0.3, 0.4) is 0 Å². The lowest BCUT2D eigenvalue weighted by Gasteiger charge is -2.22. The van der Waals surface area contributed by atoms with E-state index in [1.165, 1.54) is 29.7 Å². The van der Waals surface area contributed by atoms with Gasteiger partial charge in [-0.25, -0.2) is 0 Å². The summed E-state index contributed by atoms with van der Waals surface area (Å²) in [7, 11) is 5.14. The van der Waals surface area contributed by atoms with Gasteiger partial charge in [0.15, 0.2) is 17.5 Å². The van der Waals surface area contributed by atoms with Crippen molar-refractivity contribution >= 4 is 11.6 Å². The fourth-order valence-electron chi connectivity index (χ4n) is 3.98. The molecule has 31 heavy (non-hydrogen) atoms. The quantitative estimate of drug-likeness (QED) is 0.360. The fraction of sp³-hybridized carbons (Fsp3) is 0.480. The van der Waals surface area contributed by atoms with E-state index in [0.717, 1.165) is 49.9 Å². The minimum Gasteiger partial charge on any atom is -0.493 e. The van der Waals surface area contributed by atoms with Crippen LogP contribution in [0.15, 0.2) is 47.5 Å². The highest BCUT2D eigenvalue weighted by Crippen LogP contribution is 2.28. The molecule has 2 N–H and O–H groups in total. The third kappa shape index (κ3) is 6.29. The first kappa shape index (κ1) is 22.8. The van der Waals surface area contributed by atoms with Gasteiger partial charge in [0.2, 0.25) is 0 Å².